The molecule has 0 spiro atoms. The number of nitrogens with zero attached hydrogens (tertiary/aromatic N) is 2. The predicted molar refractivity (Wildman–Crippen MR) is 80.0 cm³/mol. The summed E-state index contributed by atoms with van der Waals surface area (Å²) in [5.41, 5.74) is 1.77. The second-order valence-corrected chi connectivity index (χ2v) is 5.58. The summed E-state index contributed by atoms with van der Waals surface area (Å²) in [5.74, 6) is 0.213. The number of aromatic amines is 1. The molecule has 0 unspecified atom stereocenters. The molecule has 0 bridgehead atoms. The van der Waals surface area contributed by atoms with Gasteiger partial charge in [-0.05, 0) is 24.0 Å². The van der Waals surface area contributed by atoms with E-state index in [0.29, 0.717) is 0 Å². The van der Waals surface area contributed by atoms with Gasteiger partial charge in [0.15, 0.2) is 0 Å². The van der Waals surface area contributed by atoms with E-state index in [2.05, 4.69) is 20.3 Å². The molecule has 0 fully saturated rings. The monoisotopic (exact) mass is 318 g/mol. The zero-order valence-electron chi connectivity index (χ0n) is 12.0. The van der Waals surface area contributed by atoms with Gasteiger partial charge in [0.05, 0.1) is 17.0 Å². The van der Waals surface area contributed by atoms with Crippen LogP contribution in [0.15, 0.2) is 36.8 Å². The highest BCUT2D eigenvalue weighted by Gasteiger charge is 2.35. The van der Waals surface area contributed by atoms with E-state index in [-0.39, 0.29) is 22.9 Å². The van der Waals surface area contributed by atoms with Gasteiger partial charge in [0, 0.05) is 6.20 Å². The molecule has 0 aliphatic heterocycles. The van der Waals surface area contributed by atoms with Crippen LogP contribution in [0.5, 0.6) is 0 Å². The minimum Gasteiger partial charge on any atom is -0.363 e. The third-order valence-corrected chi connectivity index (χ3v) is 4.22. The average Bonchev–Trinajstić information content (AvgIpc) is 3.12. The molecule has 0 radical (unpaired) electrons. The van der Waals surface area contributed by atoms with Crippen molar-refractivity contribution in [3.05, 3.63) is 53.5 Å². The summed E-state index contributed by atoms with van der Waals surface area (Å²) in [6.45, 7) is 0. The normalized spacial score (nSPS) is 17.4. The molecule has 118 valence electrons. The molecular weight excluding hydrogens is 305 g/mol. The number of nitrogens with one attached hydrogen (secondary N) is 2. The molecule has 2 aromatic heterocycles. The highest BCUT2D eigenvalue weighted by molar-refractivity contribution is 5.91. The van der Waals surface area contributed by atoms with Crippen LogP contribution in [0.1, 0.15) is 29.2 Å². The van der Waals surface area contributed by atoms with Crippen LogP contribution >= 0.6 is 0 Å². The smallest absolute Gasteiger partial charge is 0.363 e. The fourth-order valence-electron chi connectivity index (χ4n) is 3.17. The topological polar surface area (TPSA) is 53.6 Å². The average molecular weight is 318 g/mol. The Bertz CT molecular complexity index is 869. The molecule has 2 heterocycles. The largest absolute Gasteiger partial charge is 0.418 e. The first-order valence-corrected chi connectivity index (χ1v) is 7.27. The van der Waals surface area contributed by atoms with Crippen LogP contribution in [-0.2, 0) is 12.6 Å². The van der Waals surface area contributed by atoms with Crippen LogP contribution < -0.4 is 5.32 Å². The Morgan fingerprint density at radius 1 is 1.17 bits per heavy atom. The molecule has 4 nitrogen and oxygen atoms in total. The maximum atomic E-state index is 13.2. The van der Waals surface area contributed by atoms with Gasteiger partial charge in [-0.1, -0.05) is 24.3 Å². The van der Waals surface area contributed by atoms with E-state index < -0.39 is 11.7 Å². The van der Waals surface area contributed by atoms with Crippen LogP contribution in [0, 0.1) is 0 Å². The quantitative estimate of drug-likeness (QED) is 0.749. The van der Waals surface area contributed by atoms with Crippen LogP contribution in [-0.4, -0.2) is 15.0 Å². The van der Waals surface area contributed by atoms with E-state index in [4.69, 9.17) is 0 Å². The van der Waals surface area contributed by atoms with E-state index in [1.807, 2.05) is 24.3 Å². The van der Waals surface area contributed by atoms with Crippen molar-refractivity contribution in [2.75, 3.05) is 5.32 Å². The Hall–Kier alpha value is -2.57. The lowest BCUT2D eigenvalue weighted by atomic mass is 10.1. The zero-order valence-corrected chi connectivity index (χ0v) is 12.0. The minimum atomic E-state index is -4.45. The lowest BCUT2D eigenvalue weighted by molar-refractivity contribution is -0.136. The highest BCUT2D eigenvalue weighted by atomic mass is 19.4. The van der Waals surface area contributed by atoms with Gasteiger partial charge < -0.3 is 10.3 Å². The number of H-pyrrole nitrogens is 1. The minimum absolute atomic E-state index is 0.00983. The molecule has 1 aliphatic rings. The second-order valence-electron chi connectivity index (χ2n) is 5.58. The molecule has 3 aromatic rings. The Kier molecular flexibility index (Phi) is 3.04. The highest BCUT2D eigenvalue weighted by Crippen LogP contribution is 2.39. The number of aryl methyl sites for hydroxylation is 1. The summed E-state index contributed by atoms with van der Waals surface area (Å²) in [6, 6.07) is 7.91. The summed E-state index contributed by atoms with van der Waals surface area (Å²) in [5, 5.41) is 3.16. The number of anilines is 1. The third kappa shape index (κ3) is 2.32. The van der Waals surface area contributed by atoms with Crippen molar-refractivity contribution in [2.24, 2.45) is 0 Å². The van der Waals surface area contributed by atoms with Gasteiger partial charge in [-0.2, -0.15) is 13.2 Å². The predicted octanol–water partition coefficient (Wildman–Crippen LogP) is 4.08. The molecule has 1 aliphatic carbocycles. The molecule has 23 heavy (non-hydrogen) atoms. The maximum Gasteiger partial charge on any atom is 0.418 e. The third-order valence-electron chi connectivity index (χ3n) is 4.22. The van der Waals surface area contributed by atoms with Gasteiger partial charge in [0.1, 0.15) is 17.8 Å². The van der Waals surface area contributed by atoms with Gasteiger partial charge >= 0.3 is 6.18 Å². The number of alkyl halides is 3. The SMILES string of the molecule is FC(F)(F)c1c[nH]c2ncnc(N[C@H]3CCc4ccccc43)c12. The van der Waals surface area contributed by atoms with Crippen LogP contribution in [0.25, 0.3) is 11.0 Å². The number of aromatic nitrogens is 3. The molecule has 4 rings (SSSR count). The summed E-state index contributed by atoms with van der Waals surface area (Å²) < 4.78 is 39.5. The van der Waals surface area contributed by atoms with Crippen molar-refractivity contribution in [1.82, 2.24) is 15.0 Å². The fraction of sp³-hybridized carbons (Fsp3) is 0.250. The first kappa shape index (κ1) is 14.0. The van der Waals surface area contributed by atoms with E-state index in [1.165, 1.54) is 11.9 Å². The number of hydrogen-bond acceptors (Lipinski definition) is 3. The first-order valence-electron chi connectivity index (χ1n) is 7.27. The molecular formula is C16H13F3N4. The molecule has 1 aromatic carbocycles. The standard InChI is InChI=1S/C16H13F3N4/c17-16(18,19)11-7-20-14-13(11)15(22-8-21-14)23-12-6-5-9-3-1-2-4-10(9)12/h1-4,7-8,12H,5-6H2,(H2,20,21,22,23)/t12-/m0/s1. The van der Waals surface area contributed by atoms with Crippen molar-refractivity contribution < 1.29 is 13.2 Å². The summed E-state index contributed by atoms with van der Waals surface area (Å²) in [4.78, 5) is 10.5. The Labute approximate surface area is 129 Å². The number of halogens is 3. The summed E-state index contributed by atoms with van der Waals surface area (Å²) >= 11 is 0. The zero-order chi connectivity index (χ0) is 16.0. The first-order chi connectivity index (χ1) is 11.0. The molecule has 1 atom stereocenters. The fourth-order valence-corrected chi connectivity index (χ4v) is 3.17. The number of fused-ring (bicyclic) bond motifs is 2. The molecule has 2 N–H and O–H groups in total. The lowest BCUT2D eigenvalue weighted by Crippen LogP contribution is -2.11. The molecule has 0 amide bonds. The van der Waals surface area contributed by atoms with Crippen molar-refractivity contribution in [2.45, 2.75) is 25.1 Å². The van der Waals surface area contributed by atoms with Crippen LogP contribution in [0.3, 0.4) is 0 Å². The van der Waals surface area contributed by atoms with E-state index >= 15 is 0 Å². The van der Waals surface area contributed by atoms with Gasteiger partial charge in [0.25, 0.3) is 0 Å². The van der Waals surface area contributed by atoms with Gasteiger partial charge in [-0.25, -0.2) is 9.97 Å². The Balaban J connectivity index is 1.77. The van der Waals surface area contributed by atoms with Crippen molar-refractivity contribution in [1.29, 1.82) is 0 Å². The number of hydrogen-bond donors (Lipinski definition) is 2. The Morgan fingerprint density at radius 3 is 2.83 bits per heavy atom. The van der Waals surface area contributed by atoms with E-state index in [9.17, 15) is 13.2 Å². The summed E-state index contributed by atoms with van der Waals surface area (Å²) in [7, 11) is 0. The Morgan fingerprint density at radius 2 is 2.00 bits per heavy atom. The van der Waals surface area contributed by atoms with E-state index in [1.54, 1.807) is 0 Å². The number of rotatable bonds is 2. The summed E-state index contributed by atoms with van der Waals surface area (Å²) in [6.07, 6.45) is -0.514. The van der Waals surface area contributed by atoms with Crippen molar-refractivity contribution >= 4 is 16.9 Å². The second kappa shape index (κ2) is 4.97. The molecule has 7 heteroatoms. The lowest BCUT2D eigenvalue weighted by Gasteiger charge is -2.16. The molecule has 0 saturated carbocycles. The van der Waals surface area contributed by atoms with Gasteiger partial charge in [-0.3, -0.25) is 0 Å². The van der Waals surface area contributed by atoms with Crippen molar-refractivity contribution in [3.63, 3.8) is 0 Å². The van der Waals surface area contributed by atoms with Gasteiger partial charge in [-0.15, -0.1) is 0 Å². The van der Waals surface area contributed by atoms with Crippen molar-refractivity contribution in [3.8, 4) is 0 Å². The maximum absolute atomic E-state index is 13.2. The van der Waals surface area contributed by atoms with E-state index in [0.717, 1.165) is 24.6 Å². The molecule has 0 saturated heterocycles. The van der Waals surface area contributed by atoms with Gasteiger partial charge in [0.2, 0.25) is 0 Å². The van der Waals surface area contributed by atoms with Crippen LogP contribution in [0.4, 0.5) is 19.0 Å². The van der Waals surface area contributed by atoms with Crippen LogP contribution in [0.2, 0.25) is 0 Å². The number of benzene rings is 1.